The summed E-state index contributed by atoms with van der Waals surface area (Å²) >= 11 is 1.30. The first-order valence-electron chi connectivity index (χ1n) is 12.5. The van der Waals surface area contributed by atoms with Crippen LogP contribution in [0.2, 0.25) is 0 Å². The van der Waals surface area contributed by atoms with Gasteiger partial charge in [-0.05, 0) is 47.5 Å². The van der Waals surface area contributed by atoms with Crippen molar-refractivity contribution in [3.63, 3.8) is 0 Å². The van der Waals surface area contributed by atoms with Gasteiger partial charge in [-0.25, -0.2) is 14.1 Å². The van der Waals surface area contributed by atoms with E-state index in [9.17, 15) is 36.7 Å². The average molecular weight is 590 g/mol. The summed E-state index contributed by atoms with van der Waals surface area (Å²) in [6.45, 7) is -0.705. The van der Waals surface area contributed by atoms with Crippen molar-refractivity contribution in [2.75, 3.05) is 6.54 Å². The van der Waals surface area contributed by atoms with E-state index in [4.69, 9.17) is 10.5 Å². The van der Waals surface area contributed by atoms with Gasteiger partial charge in [0.2, 0.25) is 17.4 Å². The van der Waals surface area contributed by atoms with Crippen molar-refractivity contribution in [3.05, 3.63) is 81.3 Å². The summed E-state index contributed by atoms with van der Waals surface area (Å²) in [7, 11) is 0. The number of imide groups is 1. The highest BCUT2D eigenvalue weighted by Crippen LogP contribution is 2.46. The number of primary amides is 1. The molecule has 1 aliphatic heterocycles. The fraction of sp³-hybridized carbons (Fsp3) is 0.286. The maximum atomic E-state index is 13.7. The number of nitrogens with two attached hydrogens (primary N) is 1. The molecule has 0 unspecified atom stereocenters. The molecule has 2 atom stereocenters. The fourth-order valence-electron chi connectivity index (χ4n) is 5.16. The van der Waals surface area contributed by atoms with Crippen LogP contribution in [0.15, 0.2) is 53.2 Å². The van der Waals surface area contributed by atoms with E-state index >= 15 is 0 Å². The lowest BCUT2D eigenvalue weighted by atomic mass is 9.92. The molecule has 1 fully saturated rings. The number of carbonyl (C=O) groups is 4. The van der Waals surface area contributed by atoms with Crippen LogP contribution in [-0.2, 0) is 32.9 Å². The topological polar surface area (TPSA) is 110 Å². The number of benzene rings is 2. The summed E-state index contributed by atoms with van der Waals surface area (Å²) in [5, 5.41) is 3.39. The monoisotopic (exact) mass is 589 g/mol. The first-order chi connectivity index (χ1) is 19.3. The van der Waals surface area contributed by atoms with Crippen molar-refractivity contribution in [2.24, 2.45) is 5.73 Å². The number of halogens is 4. The van der Waals surface area contributed by atoms with Gasteiger partial charge in [0.1, 0.15) is 18.4 Å². The van der Waals surface area contributed by atoms with Gasteiger partial charge in [-0.15, -0.1) is 0 Å². The molecule has 1 aromatic heterocycles. The first-order valence-corrected chi connectivity index (χ1v) is 13.4. The Bertz CT molecular complexity index is 1550. The van der Waals surface area contributed by atoms with Gasteiger partial charge in [0.15, 0.2) is 0 Å². The van der Waals surface area contributed by atoms with Gasteiger partial charge in [0, 0.05) is 29.5 Å². The second-order valence-electron chi connectivity index (χ2n) is 9.89. The van der Waals surface area contributed by atoms with E-state index in [0.717, 1.165) is 19.1 Å². The van der Waals surface area contributed by atoms with Crippen molar-refractivity contribution in [2.45, 2.75) is 44.1 Å². The van der Waals surface area contributed by atoms with E-state index in [1.54, 1.807) is 29.0 Å². The summed E-state index contributed by atoms with van der Waals surface area (Å²) in [5.74, 6) is -3.17. The number of thiophene rings is 1. The summed E-state index contributed by atoms with van der Waals surface area (Å²) < 4.78 is 59.8. The average Bonchev–Trinajstić information content (AvgIpc) is 3.61. The number of hydrogen-bond donors (Lipinski definition) is 1. The second kappa shape index (κ2) is 10.3. The van der Waals surface area contributed by atoms with Gasteiger partial charge in [0.05, 0.1) is 5.56 Å². The highest BCUT2D eigenvalue weighted by atomic mass is 32.1. The molecule has 2 aliphatic rings. The van der Waals surface area contributed by atoms with Gasteiger partial charge in [-0.3, -0.25) is 14.4 Å². The number of amides is 4. The molecular weight excluding hydrogens is 566 g/mol. The third-order valence-corrected chi connectivity index (χ3v) is 8.16. The molecule has 8 nitrogen and oxygen atoms in total. The van der Waals surface area contributed by atoms with Crippen LogP contribution >= 0.6 is 11.3 Å². The van der Waals surface area contributed by atoms with Crippen molar-refractivity contribution in [1.29, 1.82) is 0 Å². The normalized spacial score (nSPS) is 18.9. The molecule has 2 heterocycles. The number of aryl methyl sites for hydroxylation is 1. The van der Waals surface area contributed by atoms with E-state index in [1.165, 1.54) is 23.5 Å². The number of ether oxygens (including phenoxy) is 1. The van der Waals surface area contributed by atoms with Crippen LogP contribution in [0.1, 0.15) is 40.4 Å². The number of fused-ring (bicyclic) bond motifs is 2. The maximum Gasteiger partial charge on any atom is 0.418 e. The molecule has 3 aromatic rings. The van der Waals surface area contributed by atoms with E-state index < -0.39 is 60.5 Å². The fourth-order valence-corrected chi connectivity index (χ4v) is 6.01. The van der Waals surface area contributed by atoms with Crippen LogP contribution in [0.4, 0.5) is 22.4 Å². The Balaban J connectivity index is 1.40. The standard InChI is InChI=1S/C28H23F4N3O5S/c1-15(28(30,31)32)34(11-16-2-5-19(29)6-3-16)23(36)12-35-25(38)27(40-26(35)39)9-8-18-10-17(4-7-22(18)27)20-13-41-14-21(20)24(33)37/h2-7,10,13-15H,8-9,11-12H2,1H3,(H2,33,37)/t15-,27+/m0/s1. The summed E-state index contributed by atoms with van der Waals surface area (Å²) in [4.78, 5) is 52.4. The van der Waals surface area contributed by atoms with Gasteiger partial charge in [-0.2, -0.15) is 24.5 Å². The molecule has 41 heavy (non-hydrogen) atoms. The van der Waals surface area contributed by atoms with Crippen molar-refractivity contribution < 1.29 is 41.5 Å². The number of nitrogens with zero attached hydrogens (tertiary/aromatic N) is 2. The Labute approximate surface area is 235 Å². The SMILES string of the molecule is C[C@H](N(Cc1ccc(F)cc1)C(=O)CN1C(=O)O[C@@]2(CCc3cc(-c4cscc4C(N)=O)ccc32)C1=O)C(F)(F)F. The van der Waals surface area contributed by atoms with Crippen LogP contribution in [0.5, 0.6) is 0 Å². The first kappa shape index (κ1) is 28.3. The van der Waals surface area contributed by atoms with E-state index in [0.29, 0.717) is 44.0 Å². The molecule has 0 saturated carbocycles. The predicted octanol–water partition coefficient (Wildman–Crippen LogP) is 4.75. The van der Waals surface area contributed by atoms with E-state index in [-0.39, 0.29) is 12.0 Å². The molecule has 0 radical (unpaired) electrons. The molecule has 4 amide bonds. The predicted molar refractivity (Wildman–Crippen MR) is 139 cm³/mol. The number of alkyl halides is 3. The molecular formula is C28H23F4N3O5S. The Morgan fingerprint density at radius 2 is 1.85 bits per heavy atom. The summed E-state index contributed by atoms with van der Waals surface area (Å²) in [6, 6.07) is 7.37. The largest absolute Gasteiger partial charge is 0.427 e. The Hall–Kier alpha value is -4.26. The minimum Gasteiger partial charge on any atom is -0.427 e. The highest BCUT2D eigenvalue weighted by molar-refractivity contribution is 7.08. The molecule has 1 saturated heterocycles. The lowest BCUT2D eigenvalue weighted by Gasteiger charge is -2.31. The van der Waals surface area contributed by atoms with Crippen LogP contribution in [-0.4, -0.2) is 52.4 Å². The summed E-state index contributed by atoms with van der Waals surface area (Å²) in [5.41, 5.74) is 6.69. The minimum absolute atomic E-state index is 0.0750. The van der Waals surface area contributed by atoms with Crippen molar-refractivity contribution >= 4 is 35.2 Å². The third kappa shape index (κ3) is 5.05. The number of rotatable bonds is 7. The van der Waals surface area contributed by atoms with E-state index in [1.807, 2.05) is 0 Å². The molecule has 1 aliphatic carbocycles. The molecule has 1 spiro atoms. The van der Waals surface area contributed by atoms with Crippen LogP contribution in [0.25, 0.3) is 11.1 Å². The summed E-state index contributed by atoms with van der Waals surface area (Å²) in [6.07, 6.45) is -5.53. The lowest BCUT2D eigenvalue weighted by molar-refractivity contribution is -0.187. The van der Waals surface area contributed by atoms with Gasteiger partial charge >= 0.3 is 12.3 Å². The quantitative estimate of drug-likeness (QED) is 0.400. The number of hydrogen-bond acceptors (Lipinski definition) is 6. The molecule has 13 heteroatoms. The van der Waals surface area contributed by atoms with Crippen LogP contribution in [0, 0.1) is 5.82 Å². The van der Waals surface area contributed by atoms with Crippen LogP contribution < -0.4 is 5.73 Å². The van der Waals surface area contributed by atoms with Gasteiger partial charge in [0.25, 0.3) is 5.91 Å². The minimum atomic E-state index is -4.80. The van der Waals surface area contributed by atoms with Gasteiger partial charge < -0.3 is 15.4 Å². The Kier molecular flexibility index (Phi) is 7.10. The Morgan fingerprint density at radius 3 is 2.51 bits per heavy atom. The molecule has 214 valence electrons. The van der Waals surface area contributed by atoms with Crippen LogP contribution in [0.3, 0.4) is 0 Å². The third-order valence-electron chi connectivity index (χ3n) is 7.42. The smallest absolute Gasteiger partial charge is 0.418 e. The van der Waals surface area contributed by atoms with Gasteiger partial charge in [-0.1, -0.05) is 30.3 Å². The Morgan fingerprint density at radius 1 is 1.15 bits per heavy atom. The van der Waals surface area contributed by atoms with E-state index in [2.05, 4.69) is 0 Å². The zero-order valence-corrected chi connectivity index (χ0v) is 22.4. The number of carbonyl (C=O) groups excluding carboxylic acids is 4. The maximum absolute atomic E-state index is 13.7. The second-order valence-corrected chi connectivity index (χ2v) is 10.6. The molecule has 5 rings (SSSR count). The highest BCUT2D eigenvalue weighted by Gasteiger charge is 2.58. The molecule has 2 aromatic carbocycles. The van der Waals surface area contributed by atoms with Crippen molar-refractivity contribution in [3.8, 4) is 11.1 Å². The molecule has 2 N–H and O–H groups in total. The molecule has 0 bridgehead atoms. The van der Waals surface area contributed by atoms with Crippen molar-refractivity contribution in [1.82, 2.24) is 9.80 Å². The zero-order chi connectivity index (χ0) is 29.7. The zero-order valence-electron chi connectivity index (χ0n) is 21.5. The lowest BCUT2D eigenvalue weighted by Crippen LogP contribution is -2.51.